The Bertz CT molecular complexity index is 752. The number of nitrogens with one attached hydrogen (secondary N) is 2. The van der Waals surface area contributed by atoms with Crippen molar-refractivity contribution in [3.05, 3.63) is 0 Å². The third-order valence-corrected chi connectivity index (χ3v) is 7.38. The second-order valence-corrected chi connectivity index (χ2v) is 15.3. The summed E-state index contributed by atoms with van der Waals surface area (Å²) in [5.41, 5.74) is 3.83. The van der Waals surface area contributed by atoms with Gasteiger partial charge in [0.05, 0.1) is 11.2 Å². The van der Waals surface area contributed by atoms with E-state index in [1.54, 1.807) is 0 Å². The van der Waals surface area contributed by atoms with Gasteiger partial charge in [-0.3, -0.25) is 9.59 Å². The van der Waals surface area contributed by atoms with E-state index in [1.165, 1.54) is 0 Å². The number of carbonyl (C=O) groups excluding carboxylic acids is 2. The Morgan fingerprint density at radius 1 is 0.718 bits per heavy atom. The first-order chi connectivity index (χ1) is 17.4. The molecule has 0 aliphatic rings. The molecule has 0 saturated carbocycles. The van der Waals surface area contributed by atoms with Crippen molar-refractivity contribution in [1.29, 1.82) is 0 Å². The van der Waals surface area contributed by atoms with Crippen molar-refractivity contribution < 1.29 is 24.2 Å². The minimum absolute atomic E-state index is 0.00969. The SMILES string of the molecule is CC(C)(N)CCOC(C)(C)CCC(=O)NCCC(C)(C)OCCC(C)(C)NC(=O)C(C)(C)CCC(C)(C)CO. The van der Waals surface area contributed by atoms with E-state index in [1.807, 2.05) is 83.1 Å². The molecule has 0 aromatic heterocycles. The number of hydrogen-bond donors (Lipinski definition) is 4. The minimum Gasteiger partial charge on any atom is -0.396 e. The molecule has 0 aliphatic carbocycles. The molecule has 8 heteroatoms. The van der Waals surface area contributed by atoms with Crippen LogP contribution in [0, 0.1) is 10.8 Å². The second kappa shape index (κ2) is 15.1. The van der Waals surface area contributed by atoms with E-state index in [0.29, 0.717) is 51.9 Å². The monoisotopic (exact) mass is 557 g/mol. The van der Waals surface area contributed by atoms with Gasteiger partial charge < -0.3 is 30.9 Å². The van der Waals surface area contributed by atoms with Gasteiger partial charge in [0.15, 0.2) is 0 Å². The highest BCUT2D eigenvalue weighted by molar-refractivity contribution is 5.82. The normalized spacial score (nSPS) is 13.9. The zero-order valence-corrected chi connectivity index (χ0v) is 27.4. The van der Waals surface area contributed by atoms with Crippen LogP contribution in [0.1, 0.15) is 128 Å². The number of amides is 2. The van der Waals surface area contributed by atoms with Gasteiger partial charge in [0.2, 0.25) is 11.8 Å². The van der Waals surface area contributed by atoms with Crippen LogP contribution in [0.3, 0.4) is 0 Å². The summed E-state index contributed by atoms with van der Waals surface area (Å²) < 4.78 is 12.1. The van der Waals surface area contributed by atoms with Crippen LogP contribution in [0.2, 0.25) is 0 Å². The molecule has 0 bridgehead atoms. The van der Waals surface area contributed by atoms with Gasteiger partial charge >= 0.3 is 0 Å². The number of nitrogens with two attached hydrogens (primary N) is 1. The molecule has 8 nitrogen and oxygen atoms in total. The van der Waals surface area contributed by atoms with Crippen LogP contribution in [0.15, 0.2) is 0 Å². The van der Waals surface area contributed by atoms with Crippen molar-refractivity contribution in [2.24, 2.45) is 16.6 Å². The van der Waals surface area contributed by atoms with Crippen molar-refractivity contribution in [3.63, 3.8) is 0 Å². The Balaban J connectivity index is 4.43. The largest absolute Gasteiger partial charge is 0.396 e. The molecule has 0 rings (SSSR count). The van der Waals surface area contributed by atoms with Crippen LogP contribution in [-0.2, 0) is 19.1 Å². The molecule has 39 heavy (non-hydrogen) atoms. The first kappa shape index (κ1) is 37.8. The first-order valence-electron chi connectivity index (χ1n) is 14.7. The lowest BCUT2D eigenvalue weighted by Crippen LogP contribution is -2.50. The van der Waals surface area contributed by atoms with Gasteiger partial charge in [-0.15, -0.1) is 0 Å². The van der Waals surface area contributed by atoms with Crippen LogP contribution in [0.5, 0.6) is 0 Å². The molecule has 0 heterocycles. The summed E-state index contributed by atoms with van der Waals surface area (Å²) in [7, 11) is 0. The molecule has 0 fully saturated rings. The average molecular weight is 558 g/mol. The van der Waals surface area contributed by atoms with Crippen LogP contribution >= 0.6 is 0 Å². The van der Waals surface area contributed by atoms with Crippen molar-refractivity contribution >= 4 is 11.8 Å². The molecule has 0 spiro atoms. The maximum Gasteiger partial charge on any atom is 0.226 e. The molecule has 0 unspecified atom stereocenters. The predicted octanol–water partition coefficient (Wildman–Crippen LogP) is 5.10. The molecule has 0 atom stereocenters. The first-order valence-corrected chi connectivity index (χ1v) is 14.7. The summed E-state index contributed by atoms with van der Waals surface area (Å²) in [6.45, 7) is 25.7. The van der Waals surface area contributed by atoms with Gasteiger partial charge in [0.1, 0.15) is 0 Å². The molecule has 0 saturated heterocycles. The highest BCUT2D eigenvalue weighted by Gasteiger charge is 2.34. The van der Waals surface area contributed by atoms with Crippen molar-refractivity contribution in [2.75, 3.05) is 26.4 Å². The number of rotatable bonds is 20. The standard InChI is InChI=1S/C31H63N3O5/c1-26(2,23-35)15-16-27(3,4)25(37)34-29(7,8)19-22-39-31(11,12)17-20-33-24(36)13-14-30(9,10)38-21-18-28(5,6)32/h35H,13-23,32H2,1-12H3,(H,33,36)(H,34,37). The third kappa shape index (κ3) is 18.7. The Morgan fingerprint density at radius 2 is 1.23 bits per heavy atom. The van der Waals surface area contributed by atoms with E-state index < -0.39 is 16.6 Å². The van der Waals surface area contributed by atoms with Crippen LogP contribution < -0.4 is 16.4 Å². The molecular formula is C31H63N3O5. The van der Waals surface area contributed by atoms with Crippen molar-refractivity contribution in [3.8, 4) is 0 Å². The van der Waals surface area contributed by atoms with E-state index >= 15 is 0 Å². The molecule has 0 aromatic carbocycles. The van der Waals surface area contributed by atoms with E-state index in [4.69, 9.17) is 15.2 Å². The zero-order chi connectivity index (χ0) is 30.8. The van der Waals surface area contributed by atoms with Crippen LogP contribution in [0.4, 0.5) is 0 Å². The highest BCUT2D eigenvalue weighted by Crippen LogP contribution is 2.31. The minimum atomic E-state index is -0.523. The number of aliphatic hydroxyl groups is 1. The summed E-state index contributed by atoms with van der Waals surface area (Å²) in [6, 6.07) is 0. The van der Waals surface area contributed by atoms with Crippen molar-refractivity contribution in [1.82, 2.24) is 10.6 Å². The third-order valence-electron chi connectivity index (χ3n) is 7.38. The van der Waals surface area contributed by atoms with Gasteiger partial charge in [0, 0.05) is 49.3 Å². The fraction of sp³-hybridized carbons (Fsp3) is 0.935. The Labute approximate surface area is 239 Å². The maximum atomic E-state index is 13.0. The van der Waals surface area contributed by atoms with Crippen LogP contribution in [0.25, 0.3) is 0 Å². The number of aliphatic hydroxyl groups excluding tert-OH is 1. The Morgan fingerprint density at radius 3 is 1.74 bits per heavy atom. The summed E-state index contributed by atoms with van der Waals surface area (Å²) in [6.07, 6.45) is 4.64. The molecule has 0 aliphatic heterocycles. The molecular weight excluding hydrogens is 494 g/mol. The van der Waals surface area contributed by atoms with Gasteiger partial charge in [-0.1, -0.05) is 27.7 Å². The second-order valence-electron chi connectivity index (χ2n) is 15.3. The predicted molar refractivity (Wildman–Crippen MR) is 161 cm³/mol. The summed E-state index contributed by atoms with van der Waals surface area (Å²) in [5.74, 6) is 0.0236. The summed E-state index contributed by atoms with van der Waals surface area (Å²) >= 11 is 0. The van der Waals surface area contributed by atoms with Gasteiger partial charge in [-0.2, -0.15) is 0 Å². The van der Waals surface area contributed by atoms with E-state index in [9.17, 15) is 14.7 Å². The lowest BCUT2D eigenvalue weighted by molar-refractivity contribution is -0.132. The van der Waals surface area contributed by atoms with E-state index in [0.717, 1.165) is 12.8 Å². The van der Waals surface area contributed by atoms with Gasteiger partial charge in [-0.25, -0.2) is 0 Å². The Hall–Kier alpha value is -1.22. The lowest BCUT2D eigenvalue weighted by Gasteiger charge is -2.35. The van der Waals surface area contributed by atoms with Gasteiger partial charge in [-0.05, 0) is 99.3 Å². The number of hydrogen-bond acceptors (Lipinski definition) is 6. The van der Waals surface area contributed by atoms with Crippen molar-refractivity contribution in [2.45, 2.75) is 150 Å². The quantitative estimate of drug-likeness (QED) is 0.165. The van der Waals surface area contributed by atoms with E-state index in [2.05, 4.69) is 10.6 Å². The fourth-order valence-corrected chi connectivity index (χ4v) is 3.71. The summed E-state index contributed by atoms with van der Waals surface area (Å²) in [5, 5.41) is 15.7. The van der Waals surface area contributed by atoms with Crippen LogP contribution in [-0.4, -0.2) is 65.6 Å². The highest BCUT2D eigenvalue weighted by atomic mass is 16.5. The summed E-state index contributed by atoms with van der Waals surface area (Å²) in [4.78, 5) is 25.4. The maximum absolute atomic E-state index is 13.0. The van der Waals surface area contributed by atoms with Gasteiger partial charge in [0.25, 0.3) is 0 Å². The molecule has 0 radical (unpaired) electrons. The lowest BCUT2D eigenvalue weighted by atomic mass is 9.78. The smallest absolute Gasteiger partial charge is 0.226 e. The molecule has 2 amide bonds. The topological polar surface area (TPSA) is 123 Å². The Kier molecular flexibility index (Phi) is 14.7. The van der Waals surface area contributed by atoms with E-state index in [-0.39, 0.29) is 35.0 Å². The zero-order valence-electron chi connectivity index (χ0n) is 27.4. The number of ether oxygens (including phenoxy) is 2. The number of carbonyl (C=O) groups is 2. The molecule has 0 aromatic rings. The molecule has 5 N–H and O–H groups in total. The fourth-order valence-electron chi connectivity index (χ4n) is 3.71. The molecule has 232 valence electrons. The average Bonchev–Trinajstić information content (AvgIpc) is 2.74.